The van der Waals surface area contributed by atoms with E-state index in [-0.39, 0.29) is 16.4 Å². The van der Waals surface area contributed by atoms with Gasteiger partial charge in [-0.15, -0.1) is 0 Å². The van der Waals surface area contributed by atoms with Crippen LogP contribution in [0.4, 0.5) is 5.69 Å². The van der Waals surface area contributed by atoms with Crippen molar-refractivity contribution in [1.29, 1.82) is 0 Å². The van der Waals surface area contributed by atoms with E-state index in [2.05, 4.69) is 20.8 Å². The van der Waals surface area contributed by atoms with Crippen LogP contribution in [-0.4, -0.2) is 70.7 Å². The molecular formula is C29H40N4O3. The Kier molecular flexibility index (Phi) is 9.61. The van der Waals surface area contributed by atoms with Crippen LogP contribution in [0.15, 0.2) is 48.5 Å². The van der Waals surface area contributed by atoms with Crippen molar-refractivity contribution in [1.82, 2.24) is 14.7 Å². The fraction of sp³-hybridized carbons (Fsp3) is 0.552. The summed E-state index contributed by atoms with van der Waals surface area (Å²) in [5.41, 5.74) is 3.20. The van der Waals surface area contributed by atoms with E-state index < -0.39 is 0 Å². The number of carbonyl (C=O) groups is 1. The Morgan fingerprint density at radius 1 is 0.944 bits per heavy atom. The zero-order chi connectivity index (χ0) is 25.3. The van der Waals surface area contributed by atoms with Crippen LogP contribution in [0.1, 0.15) is 66.9 Å². The van der Waals surface area contributed by atoms with Crippen LogP contribution in [0, 0.1) is 10.1 Å². The second-order valence-corrected chi connectivity index (χ2v) is 10.4. The lowest BCUT2D eigenvalue weighted by Crippen LogP contribution is -2.49. The van der Waals surface area contributed by atoms with Crippen molar-refractivity contribution < 1.29 is 9.72 Å². The molecule has 1 saturated carbocycles. The molecule has 7 heteroatoms. The molecule has 0 spiro atoms. The highest BCUT2D eigenvalue weighted by molar-refractivity contribution is 5.94. The molecule has 7 nitrogen and oxygen atoms in total. The van der Waals surface area contributed by atoms with E-state index >= 15 is 0 Å². The SMILES string of the molecule is CC(=O)c1cccc(CN2CCN(CCN(Cc3cccc([N+](=O)[O-])c3)C3CCCCCC3)CC2)c1. The molecule has 0 amide bonds. The Hall–Kier alpha value is -2.61. The minimum Gasteiger partial charge on any atom is -0.300 e. The lowest BCUT2D eigenvalue weighted by Gasteiger charge is -2.37. The monoisotopic (exact) mass is 492 g/mol. The van der Waals surface area contributed by atoms with Crippen molar-refractivity contribution in [2.24, 2.45) is 0 Å². The molecular weight excluding hydrogens is 452 g/mol. The second kappa shape index (κ2) is 13.1. The zero-order valence-corrected chi connectivity index (χ0v) is 21.6. The predicted octanol–water partition coefficient (Wildman–Crippen LogP) is 5.14. The van der Waals surface area contributed by atoms with Gasteiger partial charge in [0, 0.05) is 76.1 Å². The van der Waals surface area contributed by atoms with Gasteiger partial charge in [-0.05, 0) is 37.0 Å². The largest absolute Gasteiger partial charge is 0.300 e. The van der Waals surface area contributed by atoms with Crippen LogP contribution in [0.3, 0.4) is 0 Å². The number of nitro benzene ring substituents is 1. The number of nitro groups is 1. The van der Waals surface area contributed by atoms with Crippen LogP contribution < -0.4 is 0 Å². The Morgan fingerprint density at radius 3 is 2.31 bits per heavy atom. The highest BCUT2D eigenvalue weighted by Gasteiger charge is 2.23. The van der Waals surface area contributed by atoms with Gasteiger partial charge in [-0.1, -0.05) is 56.0 Å². The average Bonchev–Trinajstić information content (AvgIpc) is 3.17. The van der Waals surface area contributed by atoms with Crippen LogP contribution in [0.25, 0.3) is 0 Å². The lowest BCUT2D eigenvalue weighted by molar-refractivity contribution is -0.384. The van der Waals surface area contributed by atoms with E-state index in [1.165, 1.54) is 44.1 Å². The van der Waals surface area contributed by atoms with Gasteiger partial charge in [-0.25, -0.2) is 0 Å². The molecule has 1 heterocycles. The Bertz CT molecular complexity index is 1010. The molecule has 1 aliphatic carbocycles. The Balaban J connectivity index is 1.32. The average molecular weight is 493 g/mol. The predicted molar refractivity (Wildman–Crippen MR) is 143 cm³/mol. The van der Waals surface area contributed by atoms with E-state index in [1.54, 1.807) is 19.1 Å². The first-order valence-corrected chi connectivity index (χ1v) is 13.5. The highest BCUT2D eigenvalue weighted by Crippen LogP contribution is 2.24. The van der Waals surface area contributed by atoms with Gasteiger partial charge in [-0.3, -0.25) is 29.6 Å². The molecule has 0 atom stereocenters. The molecule has 0 unspecified atom stereocenters. The summed E-state index contributed by atoms with van der Waals surface area (Å²) >= 11 is 0. The third kappa shape index (κ3) is 7.69. The van der Waals surface area contributed by atoms with E-state index in [0.717, 1.165) is 63.5 Å². The number of hydrogen-bond acceptors (Lipinski definition) is 6. The highest BCUT2D eigenvalue weighted by atomic mass is 16.6. The Labute approximate surface area is 215 Å². The van der Waals surface area contributed by atoms with Gasteiger partial charge < -0.3 is 0 Å². The van der Waals surface area contributed by atoms with Gasteiger partial charge in [0.15, 0.2) is 5.78 Å². The minimum absolute atomic E-state index is 0.116. The fourth-order valence-corrected chi connectivity index (χ4v) is 5.60. The van der Waals surface area contributed by atoms with Crippen LogP contribution >= 0.6 is 0 Å². The molecule has 4 rings (SSSR count). The molecule has 0 aromatic heterocycles. The number of rotatable bonds is 10. The van der Waals surface area contributed by atoms with Gasteiger partial charge in [0.2, 0.25) is 0 Å². The molecule has 2 aliphatic rings. The molecule has 1 aliphatic heterocycles. The van der Waals surface area contributed by atoms with E-state index in [9.17, 15) is 14.9 Å². The van der Waals surface area contributed by atoms with Crippen molar-refractivity contribution >= 4 is 11.5 Å². The van der Waals surface area contributed by atoms with Crippen LogP contribution in [0.5, 0.6) is 0 Å². The molecule has 0 bridgehead atoms. The van der Waals surface area contributed by atoms with E-state index in [4.69, 9.17) is 0 Å². The number of non-ortho nitro benzene ring substituents is 1. The lowest BCUT2D eigenvalue weighted by atomic mass is 10.1. The molecule has 194 valence electrons. The first kappa shape index (κ1) is 26.5. The molecule has 2 fully saturated rings. The smallest absolute Gasteiger partial charge is 0.269 e. The minimum atomic E-state index is -0.296. The zero-order valence-electron chi connectivity index (χ0n) is 21.6. The molecule has 0 N–H and O–H groups in total. The normalized spacial score (nSPS) is 18.3. The number of carbonyl (C=O) groups excluding carboxylic acids is 1. The molecule has 36 heavy (non-hydrogen) atoms. The summed E-state index contributed by atoms with van der Waals surface area (Å²) in [6.07, 6.45) is 7.64. The van der Waals surface area contributed by atoms with Gasteiger partial charge in [0.05, 0.1) is 4.92 Å². The first-order chi connectivity index (χ1) is 17.5. The summed E-state index contributed by atoms with van der Waals surface area (Å²) in [7, 11) is 0. The van der Waals surface area contributed by atoms with Crippen LogP contribution in [-0.2, 0) is 13.1 Å². The summed E-state index contributed by atoms with van der Waals surface area (Å²) in [6, 6.07) is 15.7. The van der Waals surface area contributed by atoms with E-state index in [1.807, 2.05) is 30.3 Å². The number of Topliss-reactive ketones (excluding diaryl/α,β-unsaturated/α-hetero) is 1. The number of benzene rings is 2. The van der Waals surface area contributed by atoms with Crippen LogP contribution in [0.2, 0.25) is 0 Å². The van der Waals surface area contributed by atoms with Gasteiger partial charge in [0.25, 0.3) is 5.69 Å². The topological polar surface area (TPSA) is 69.9 Å². The van der Waals surface area contributed by atoms with E-state index in [0.29, 0.717) is 6.04 Å². The second-order valence-electron chi connectivity index (χ2n) is 10.4. The van der Waals surface area contributed by atoms with Gasteiger partial charge in [0.1, 0.15) is 0 Å². The third-order valence-corrected chi connectivity index (χ3v) is 7.76. The van der Waals surface area contributed by atoms with Crippen molar-refractivity contribution in [3.63, 3.8) is 0 Å². The maximum atomic E-state index is 11.7. The molecule has 2 aromatic carbocycles. The van der Waals surface area contributed by atoms with Crippen molar-refractivity contribution in [3.05, 3.63) is 75.3 Å². The quantitative estimate of drug-likeness (QED) is 0.198. The maximum absolute atomic E-state index is 11.7. The van der Waals surface area contributed by atoms with Crippen molar-refractivity contribution in [3.8, 4) is 0 Å². The molecule has 0 radical (unpaired) electrons. The van der Waals surface area contributed by atoms with Gasteiger partial charge in [-0.2, -0.15) is 0 Å². The number of ketones is 1. The summed E-state index contributed by atoms with van der Waals surface area (Å²) in [6.45, 7) is 9.44. The van der Waals surface area contributed by atoms with Crippen molar-refractivity contribution in [2.75, 3.05) is 39.3 Å². The first-order valence-electron chi connectivity index (χ1n) is 13.5. The maximum Gasteiger partial charge on any atom is 0.269 e. The van der Waals surface area contributed by atoms with Gasteiger partial charge >= 0.3 is 0 Å². The summed E-state index contributed by atoms with van der Waals surface area (Å²) < 4.78 is 0. The van der Waals surface area contributed by atoms with Crippen molar-refractivity contribution in [2.45, 2.75) is 64.6 Å². The fourth-order valence-electron chi connectivity index (χ4n) is 5.60. The summed E-state index contributed by atoms with van der Waals surface area (Å²) in [5, 5.41) is 11.3. The number of nitrogens with zero attached hydrogens (tertiary/aromatic N) is 4. The third-order valence-electron chi connectivity index (χ3n) is 7.76. The molecule has 1 saturated heterocycles. The number of hydrogen-bond donors (Lipinski definition) is 0. The summed E-state index contributed by atoms with van der Waals surface area (Å²) in [4.78, 5) is 30.3. The summed E-state index contributed by atoms with van der Waals surface area (Å²) in [5.74, 6) is 0.116. The standard InChI is InChI=1S/C29H40N4O3/c1-24(34)27-10-6-8-25(20-27)22-31-16-14-30(15-17-31)18-19-32(28-11-4-2-3-5-12-28)23-26-9-7-13-29(21-26)33(35)36/h6-10,13,20-21,28H,2-5,11-12,14-19,22-23H2,1H3. The number of piperazine rings is 1. The molecule has 2 aromatic rings. The Morgan fingerprint density at radius 2 is 1.61 bits per heavy atom.